The van der Waals surface area contributed by atoms with Crippen molar-refractivity contribution in [1.82, 2.24) is 19.8 Å². The topological polar surface area (TPSA) is 75.2 Å². The first kappa shape index (κ1) is 12.5. The zero-order valence-electron chi connectivity index (χ0n) is 9.12. The number of thiocarbonyl (C=S) groups is 1. The van der Waals surface area contributed by atoms with Gasteiger partial charge in [0.1, 0.15) is 5.57 Å². The molecule has 1 aromatic rings. The zero-order valence-corrected chi connectivity index (χ0v) is 10.8. The Morgan fingerprint density at radius 3 is 2.94 bits per heavy atom. The second kappa shape index (κ2) is 5.15. The Morgan fingerprint density at radius 2 is 2.33 bits per heavy atom. The number of hydrogen-bond acceptors (Lipinski definition) is 6. The van der Waals surface area contributed by atoms with Gasteiger partial charge in [0.25, 0.3) is 11.8 Å². The lowest BCUT2D eigenvalue weighted by atomic mass is 10.1. The molecule has 1 saturated heterocycles. The summed E-state index contributed by atoms with van der Waals surface area (Å²) in [5, 5.41) is 7.92. The van der Waals surface area contributed by atoms with Crippen molar-refractivity contribution in [2.24, 2.45) is 0 Å². The van der Waals surface area contributed by atoms with Crippen LogP contribution in [0.2, 0.25) is 0 Å². The molecule has 0 aromatic carbocycles. The third-order valence-electron chi connectivity index (χ3n) is 2.17. The van der Waals surface area contributed by atoms with Gasteiger partial charge in [0, 0.05) is 11.9 Å². The lowest BCUT2D eigenvalue weighted by molar-refractivity contribution is -0.128. The normalized spacial score (nSPS) is 18.1. The van der Waals surface area contributed by atoms with Crippen molar-refractivity contribution < 1.29 is 9.59 Å². The molecule has 0 saturated carbocycles. The fraction of sp³-hybridized carbons (Fsp3) is 0.100. The lowest BCUT2D eigenvalue weighted by Gasteiger charge is -2.27. The van der Waals surface area contributed by atoms with E-state index in [1.54, 1.807) is 5.38 Å². The molecule has 18 heavy (non-hydrogen) atoms. The van der Waals surface area contributed by atoms with E-state index in [-0.39, 0.29) is 17.2 Å². The molecule has 2 amide bonds. The van der Waals surface area contributed by atoms with Gasteiger partial charge in [0.2, 0.25) is 0 Å². The van der Waals surface area contributed by atoms with Gasteiger partial charge < -0.3 is 0 Å². The second-order valence-corrected chi connectivity index (χ2v) is 4.35. The molecule has 0 unspecified atom stereocenters. The fourth-order valence-corrected chi connectivity index (χ4v) is 2.03. The summed E-state index contributed by atoms with van der Waals surface area (Å²) in [4.78, 5) is 25.0. The Morgan fingerprint density at radius 1 is 1.56 bits per heavy atom. The number of hydrogen-bond donors (Lipinski definition) is 1. The largest absolute Gasteiger partial charge is 0.298 e. The van der Waals surface area contributed by atoms with Crippen molar-refractivity contribution in [1.29, 1.82) is 0 Å². The van der Waals surface area contributed by atoms with Crippen molar-refractivity contribution in [2.45, 2.75) is 0 Å². The van der Waals surface area contributed by atoms with E-state index in [4.69, 9.17) is 12.2 Å². The highest BCUT2D eigenvalue weighted by Gasteiger charge is 2.32. The van der Waals surface area contributed by atoms with Crippen molar-refractivity contribution >= 4 is 46.8 Å². The quantitative estimate of drug-likeness (QED) is 0.374. The van der Waals surface area contributed by atoms with Crippen LogP contribution in [0.5, 0.6) is 0 Å². The summed E-state index contributed by atoms with van der Waals surface area (Å²) in [6, 6.07) is 0. The van der Waals surface area contributed by atoms with Gasteiger partial charge in [0.05, 0.1) is 5.69 Å². The molecular formula is C10H8N4O2S2. The number of nitrogens with zero attached hydrogens (tertiary/aromatic N) is 3. The van der Waals surface area contributed by atoms with Crippen LogP contribution < -0.4 is 5.32 Å². The Hall–Kier alpha value is -1.93. The average molecular weight is 280 g/mol. The van der Waals surface area contributed by atoms with Gasteiger partial charge in [-0.25, -0.2) is 0 Å². The van der Waals surface area contributed by atoms with Crippen LogP contribution in [0.4, 0.5) is 0 Å². The van der Waals surface area contributed by atoms with E-state index in [1.165, 1.54) is 17.1 Å². The molecule has 2 heterocycles. The van der Waals surface area contributed by atoms with Crippen molar-refractivity contribution in [3.8, 4) is 0 Å². The number of amides is 2. The summed E-state index contributed by atoms with van der Waals surface area (Å²) < 4.78 is 3.66. The molecule has 1 fully saturated rings. The highest BCUT2D eigenvalue weighted by Crippen LogP contribution is 2.13. The van der Waals surface area contributed by atoms with Gasteiger partial charge in [-0.1, -0.05) is 10.6 Å². The molecule has 1 aliphatic heterocycles. The predicted molar refractivity (Wildman–Crippen MR) is 70.5 cm³/mol. The van der Waals surface area contributed by atoms with E-state index in [2.05, 4.69) is 21.5 Å². The van der Waals surface area contributed by atoms with Crippen molar-refractivity contribution in [2.75, 3.05) is 6.54 Å². The Bertz CT molecular complexity index is 550. The van der Waals surface area contributed by atoms with E-state index in [0.717, 1.165) is 11.5 Å². The van der Waals surface area contributed by atoms with Crippen molar-refractivity contribution in [3.05, 3.63) is 29.3 Å². The highest BCUT2D eigenvalue weighted by atomic mass is 32.1. The SMILES string of the molecule is C=CCN1C(=O)/C(=C/c2csnn2)C(=O)NC1=S. The first-order chi connectivity index (χ1) is 8.63. The summed E-state index contributed by atoms with van der Waals surface area (Å²) in [6.45, 7) is 3.78. The number of nitrogens with one attached hydrogen (secondary N) is 1. The molecular weight excluding hydrogens is 272 g/mol. The maximum Gasteiger partial charge on any atom is 0.266 e. The summed E-state index contributed by atoms with van der Waals surface area (Å²) in [6.07, 6.45) is 2.92. The van der Waals surface area contributed by atoms with Crippen LogP contribution in [0, 0.1) is 0 Å². The minimum Gasteiger partial charge on any atom is -0.298 e. The first-order valence-corrected chi connectivity index (χ1v) is 6.15. The van der Waals surface area contributed by atoms with Gasteiger partial charge in [-0.3, -0.25) is 19.8 Å². The van der Waals surface area contributed by atoms with E-state index >= 15 is 0 Å². The maximum absolute atomic E-state index is 12.1. The van der Waals surface area contributed by atoms with Gasteiger partial charge >= 0.3 is 0 Å². The summed E-state index contributed by atoms with van der Waals surface area (Å²) >= 11 is 6.06. The number of carbonyl (C=O) groups is 2. The predicted octanol–water partition coefficient (Wildman–Crippen LogP) is 0.351. The summed E-state index contributed by atoms with van der Waals surface area (Å²) in [5.41, 5.74) is 0.447. The Balaban J connectivity index is 2.35. The summed E-state index contributed by atoms with van der Waals surface area (Å²) in [5.74, 6) is -0.991. The van der Waals surface area contributed by atoms with Crippen LogP contribution in [0.1, 0.15) is 5.69 Å². The second-order valence-electron chi connectivity index (χ2n) is 3.35. The zero-order chi connectivity index (χ0) is 13.1. The van der Waals surface area contributed by atoms with Crippen LogP contribution in [-0.2, 0) is 9.59 Å². The van der Waals surface area contributed by atoms with E-state index in [9.17, 15) is 9.59 Å². The van der Waals surface area contributed by atoms with Crippen molar-refractivity contribution in [3.63, 3.8) is 0 Å². The van der Waals surface area contributed by atoms with Crippen LogP contribution in [0.3, 0.4) is 0 Å². The van der Waals surface area contributed by atoms with E-state index < -0.39 is 11.8 Å². The van der Waals surface area contributed by atoms with Gasteiger partial charge in [0.15, 0.2) is 5.11 Å². The van der Waals surface area contributed by atoms with Gasteiger partial charge in [-0.15, -0.1) is 11.7 Å². The minimum atomic E-state index is -0.529. The monoisotopic (exact) mass is 280 g/mol. The highest BCUT2D eigenvalue weighted by molar-refractivity contribution is 7.80. The van der Waals surface area contributed by atoms with Crippen LogP contribution in [-0.4, -0.2) is 38.0 Å². The smallest absolute Gasteiger partial charge is 0.266 e. The van der Waals surface area contributed by atoms with E-state index in [1.807, 2.05) is 0 Å². The number of carbonyl (C=O) groups excluding carboxylic acids is 2. The first-order valence-electron chi connectivity index (χ1n) is 4.90. The molecule has 1 aliphatic rings. The lowest BCUT2D eigenvalue weighted by Crippen LogP contribution is -2.53. The van der Waals surface area contributed by atoms with Crippen LogP contribution >= 0.6 is 23.8 Å². The third kappa shape index (κ3) is 2.34. The summed E-state index contributed by atoms with van der Waals surface area (Å²) in [7, 11) is 0. The maximum atomic E-state index is 12.1. The molecule has 92 valence electrons. The molecule has 8 heteroatoms. The third-order valence-corrected chi connectivity index (χ3v) is 3.01. The standard InChI is InChI=1S/C10H8N4O2S2/c1-2-3-14-9(16)7(8(15)11-10(14)17)4-6-5-18-13-12-6/h2,4-5H,1,3H2,(H,11,15,17)/b7-4+. The molecule has 2 rings (SSSR count). The van der Waals surface area contributed by atoms with E-state index in [0.29, 0.717) is 5.69 Å². The number of rotatable bonds is 3. The van der Waals surface area contributed by atoms with Crippen LogP contribution in [0.25, 0.3) is 6.08 Å². The van der Waals surface area contributed by atoms with Gasteiger partial charge in [-0.2, -0.15) is 0 Å². The number of aromatic nitrogens is 2. The fourth-order valence-electron chi connectivity index (χ4n) is 1.37. The van der Waals surface area contributed by atoms with Crippen LogP contribution in [0.15, 0.2) is 23.6 Å². The molecule has 0 aliphatic carbocycles. The molecule has 1 N–H and O–H groups in total. The molecule has 0 atom stereocenters. The Kier molecular flexibility index (Phi) is 3.58. The Labute approximate surface area is 112 Å². The molecule has 0 spiro atoms. The minimum absolute atomic E-state index is 0.0156. The molecule has 6 nitrogen and oxygen atoms in total. The molecule has 1 aromatic heterocycles. The molecule has 0 radical (unpaired) electrons. The van der Waals surface area contributed by atoms with Gasteiger partial charge in [-0.05, 0) is 29.8 Å². The average Bonchev–Trinajstić information content (AvgIpc) is 2.83. The molecule has 0 bridgehead atoms.